The van der Waals surface area contributed by atoms with Crippen molar-refractivity contribution in [3.8, 4) is 17.1 Å². The Bertz CT molecular complexity index is 1760. The second-order valence-corrected chi connectivity index (χ2v) is 10.1. The molecular formula is C26H21N3O7S2. The van der Waals surface area contributed by atoms with E-state index in [0.29, 0.717) is 43.4 Å². The Labute approximate surface area is 223 Å². The third kappa shape index (κ3) is 4.48. The van der Waals surface area contributed by atoms with E-state index in [4.69, 9.17) is 13.9 Å². The van der Waals surface area contributed by atoms with Gasteiger partial charge in [-0.3, -0.25) is 19.5 Å². The molecule has 4 aromatic rings. The second kappa shape index (κ2) is 10.2. The summed E-state index contributed by atoms with van der Waals surface area (Å²) >= 11 is 2.62. The lowest BCUT2D eigenvalue weighted by atomic mass is 10.0. The number of esters is 1. The number of thiazole rings is 1. The van der Waals surface area contributed by atoms with E-state index in [1.165, 1.54) is 52.5 Å². The number of nitro groups is 1. The van der Waals surface area contributed by atoms with Gasteiger partial charge in [0.05, 0.1) is 40.0 Å². The van der Waals surface area contributed by atoms with Crippen LogP contribution < -0.4 is 19.6 Å². The van der Waals surface area contributed by atoms with Crippen LogP contribution in [0.25, 0.3) is 17.4 Å². The highest BCUT2D eigenvalue weighted by Crippen LogP contribution is 2.35. The van der Waals surface area contributed by atoms with Gasteiger partial charge >= 0.3 is 5.97 Å². The van der Waals surface area contributed by atoms with Gasteiger partial charge in [-0.25, -0.2) is 9.79 Å². The second-order valence-electron chi connectivity index (χ2n) is 8.16. The number of carbonyl (C=O) groups is 1. The Hall–Kier alpha value is -4.29. The summed E-state index contributed by atoms with van der Waals surface area (Å²) in [7, 11) is 1.46. The molecule has 1 unspecified atom stereocenters. The lowest BCUT2D eigenvalue weighted by Crippen LogP contribution is -2.39. The maximum absolute atomic E-state index is 13.6. The molecule has 5 rings (SSSR count). The predicted molar refractivity (Wildman–Crippen MR) is 142 cm³/mol. The standard InChI is InChI=1S/C26H21N3O7S2/c1-4-35-25(31)22-14(2)27-26-28(23(22)20-6-5-11-37-20)24(30)21(38-26)13-16-8-10-19(36-16)17-12-15(29(32)33)7-9-18(17)34-3/h5-13,23H,4H2,1-3H3. The summed E-state index contributed by atoms with van der Waals surface area (Å²) in [6.07, 6.45) is 1.59. The third-order valence-corrected chi connectivity index (χ3v) is 7.80. The molecular weight excluding hydrogens is 530 g/mol. The first kappa shape index (κ1) is 25.4. The van der Waals surface area contributed by atoms with Crippen LogP contribution in [0, 0.1) is 10.1 Å². The first-order valence-electron chi connectivity index (χ1n) is 11.5. The van der Waals surface area contributed by atoms with E-state index in [9.17, 15) is 19.7 Å². The van der Waals surface area contributed by atoms with Crippen LogP contribution in [0.2, 0.25) is 0 Å². The number of furan rings is 1. The van der Waals surface area contributed by atoms with Crippen LogP contribution in [0.3, 0.4) is 0 Å². The molecule has 0 radical (unpaired) electrons. The van der Waals surface area contributed by atoms with Crippen LogP contribution in [0.15, 0.2) is 73.3 Å². The molecule has 0 amide bonds. The average molecular weight is 552 g/mol. The van der Waals surface area contributed by atoms with E-state index in [1.54, 1.807) is 32.1 Å². The number of non-ortho nitro benzene ring substituents is 1. The first-order valence-corrected chi connectivity index (χ1v) is 13.2. The summed E-state index contributed by atoms with van der Waals surface area (Å²) in [6.45, 7) is 3.66. The van der Waals surface area contributed by atoms with Crippen LogP contribution in [0.4, 0.5) is 5.69 Å². The van der Waals surface area contributed by atoms with Gasteiger partial charge in [0, 0.05) is 23.1 Å². The number of nitrogens with zero attached hydrogens (tertiary/aromatic N) is 3. The number of fused-ring (bicyclic) bond motifs is 1. The number of methoxy groups -OCH3 is 1. The van der Waals surface area contributed by atoms with Crippen molar-refractivity contribution in [1.82, 2.24) is 4.57 Å². The number of carbonyl (C=O) groups excluding carboxylic acids is 1. The molecule has 0 spiro atoms. The number of aromatic nitrogens is 1. The SMILES string of the molecule is CCOC(=O)C1=C(C)N=c2sc(=Cc3ccc(-c4cc([N+](=O)[O-])ccc4OC)o3)c(=O)n2C1c1cccs1. The van der Waals surface area contributed by atoms with Gasteiger partial charge in [0.1, 0.15) is 23.3 Å². The molecule has 1 aromatic carbocycles. The Morgan fingerprint density at radius 1 is 1.29 bits per heavy atom. The molecule has 0 saturated heterocycles. The molecule has 0 fully saturated rings. The van der Waals surface area contributed by atoms with Crippen molar-refractivity contribution in [2.75, 3.05) is 13.7 Å². The van der Waals surface area contributed by atoms with Gasteiger partial charge in [0.2, 0.25) is 0 Å². The fourth-order valence-electron chi connectivity index (χ4n) is 4.21. The summed E-state index contributed by atoms with van der Waals surface area (Å²) in [5, 5.41) is 13.1. The number of hydrogen-bond acceptors (Lipinski definition) is 10. The van der Waals surface area contributed by atoms with E-state index in [-0.39, 0.29) is 17.9 Å². The summed E-state index contributed by atoms with van der Waals surface area (Å²) < 4.78 is 18.4. The molecule has 12 heteroatoms. The number of benzene rings is 1. The summed E-state index contributed by atoms with van der Waals surface area (Å²) in [6, 6.07) is 10.6. The Morgan fingerprint density at radius 3 is 2.79 bits per heavy atom. The Balaban J connectivity index is 1.61. The minimum atomic E-state index is -0.659. The monoisotopic (exact) mass is 551 g/mol. The van der Waals surface area contributed by atoms with Crippen LogP contribution in [-0.2, 0) is 9.53 Å². The molecule has 3 aromatic heterocycles. The lowest BCUT2D eigenvalue weighted by molar-refractivity contribution is -0.384. The quantitative estimate of drug-likeness (QED) is 0.193. The van der Waals surface area contributed by atoms with Gasteiger partial charge in [-0.05, 0) is 43.5 Å². The highest BCUT2D eigenvalue weighted by atomic mass is 32.1. The molecule has 194 valence electrons. The van der Waals surface area contributed by atoms with Gasteiger partial charge in [-0.15, -0.1) is 11.3 Å². The van der Waals surface area contributed by atoms with Gasteiger partial charge in [-0.2, -0.15) is 0 Å². The maximum Gasteiger partial charge on any atom is 0.338 e. The minimum absolute atomic E-state index is 0.103. The topological polar surface area (TPSA) is 126 Å². The number of hydrogen-bond donors (Lipinski definition) is 0. The lowest BCUT2D eigenvalue weighted by Gasteiger charge is -2.23. The molecule has 0 aliphatic carbocycles. The molecule has 10 nitrogen and oxygen atoms in total. The summed E-state index contributed by atoms with van der Waals surface area (Å²) in [5.41, 5.74) is 0.801. The third-order valence-electron chi connectivity index (χ3n) is 5.89. The smallest absolute Gasteiger partial charge is 0.338 e. The van der Waals surface area contributed by atoms with Crippen molar-refractivity contribution in [2.24, 2.45) is 4.99 Å². The molecule has 1 aliphatic rings. The molecule has 0 bridgehead atoms. The van der Waals surface area contributed by atoms with Crippen molar-refractivity contribution in [3.05, 3.63) is 99.6 Å². The normalized spacial score (nSPS) is 15.2. The molecule has 4 heterocycles. The first-order chi connectivity index (χ1) is 18.3. The van der Waals surface area contributed by atoms with E-state index in [1.807, 2.05) is 17.5 Å². The number of allylic oxidation sites excluding steroid dienone is 1. The van der Waals surface area contributed by atoms with Gasteiger partial charge < -0.3 is 13.9 Å². The molecule has 1 atom stereocenters. The van der Waals surface area contributed by atoms with Crippen molar-refractivity contribution >= 4 is 40.4 Å². The van der Waals surface area contributed by atoms with E-state index >= 15 is 0 Å². The minimum Gasteiger partial charge on any atom is -0.496 e. The highest BCUT2D eigenvalue weighted by molar-refractivity contribution is 7.10. The summed E-state index contributed by atoms with van der Waals surface area (Å²) in [4.78, 5) is 43.1. The van der Waals surface area contributed by atoms with Crippen molar-refractivity contribution in [1.29, 1.82) is 0 Å². The van der Waals surface area contributed by atoms with E-state index in [0.717, 1.165) is 4.88 Å². The van der Waals surface area contributed by atoms with Crippen molar-refractivity contribution in [2.45, 2.75) is 19.9 Å². The Kier molecular flexibility index (Phi) is 6.83. The number of rotatable bonds is 7. The zero-order valence-electron chi connectivity index (χ0n) is 20.5. The number of ether oxygens (including phenoxy) is 2. The molecule has 0 N–H and O–H groups in total. The maximum atomic E-state index is 13.6. The van der Waals surface area contributed by atoms with Crippen LogP contribution >= 0.6 is 22.7 Å². The molecule has 0 saturated carbocycles. The van der Waals surface area contributed by atoms with E-state index in [2.05, 4.69) is 4.99 Å². The molecule has 38 heavy (non-hydrogen) atoms. The summed E-state index contributed by atoms with van der Waals surface area (Å²) in [5.74, 6) is 0.617. The van der Waals surface area contributed by atoms with E-state index < -0.39 is 16.9 Å². The average Bonchev–Trinajstić information content (AvgIpc) is 3.65. The zero-order chi connectivity index (χ0) is 27.0. The number of nitro benzene ring substituents is 1. The number of thiophene rings is 1. The van der Waals surface area contributed by atoms with Gasteiger partial charge in [0.25, 0.3) is 11.2 Å². The highest BCUT2D eigenvalue weighted by Gasteiger charge is 2.34. The van der Waals surface area contributed by atoms with Crippen LogP contribution in [0.5, 0.6) is 5.75 Å². The largest absolute Gasteiger partial charge is 0.496 e. The molecule has 1 aliphatic heterocycles. The van der Waals surface area contributed by atoms with Crippen molar-refractivity contribution < 1.29 is 23.6 Å². The van der Waals surface area contributed by atoms with Crippen molar-refractivity contribution in [3.63, 3.8) is 0 Å². The fraction of sp³-hybridized carbons (Fsp3) is 0.192. The zero-order valence-corrected chi connectivity index (χ0v) is 22.1. The fourth-order valence-corrected chi connectivity index (χ4v) is 6.06. The van der Waals surface area contributed by atoms with Crippen LogP contribution in [-0.4, -0.2) is 29.2 Å². The van der Waals surface area contributed by atoms with Gasteiger partial charge in [-0.1, -0.05) is 17.4 Å². The Morgan fingerprint density at radius 2 is 2.11 bits per heavy atom. The predicted octanol–water partition coefficient (Wildman–Crippen LogP) is 4.04. The van der Waals surface area contributed by atoms with Crippen LogP contribution in [0.1, 0.15) is 30.5 Å². The van der Waals surface area contributed by atoms with Gasteiger partial charge in [0.15, 0.2) is 4.80 Å².